The maximum Gasteiger partial charge on any atom is 0.303 e. The molecule has 1 aromatic carbocycles. The Morgan fingerprint density at radius 3 is 2.40 bits per heavy atom. The lowest BCUT2D eigenvalue weighted by Crippen LogP contribution is -2.50. The Balaban J connectivity index is 1.81. The Morgan fingerprint density at radius 2 is 1.83 bits per heavy atom. The molecule has 1 saturated heterocycles. The lowest BCUT2D eigenvalue weighted by atomic mass is 10.0. The number of nitrogens with zero attached hydrogens (tertiary/aromatic N) is 2. The number of carbonyl (C=O) groups is 2. The van der Waals surface area contributed by atoms with Crippen molar-refractivity contribution in [3.63, 3.8) is 0 Å². The van der Waals surface area contributed by atoms with Crippen molar-refractivity contribution < 1.29 is 23.9 Å². The number of fused-ring (bicyclic) bond motifs is 1. The summed E-state index contributed by atoms with van der Waals surface area (Å²) in [7, 11) is 0. The van der Waals surface area contributed by atoms with Gasteiger partial charge in [0.15, 0.2) is 11.9 Å². The van der Waals surface area contributed by atoms with Gasteiger partial charge in [-0.1, -0.05) is 30.3 Å². The summed E-state index contributed by atoms with van der Waals surface area (Å²) in [6.07, 6.45) is 3.01. The minimum absolute atomic E-state index is 0.0898. The van der Waals surface area contributed by atoms with Gasteiger partial charge in [-0.05, 0) is 45.4 Å². The molecule has 0 aromatic heterocycles. The third-order valence-corrected chi connectivity index (χ3v) is 5.13. The van der Waals surface area contributed by atoms with Gasteiger partial charge >= 0.3 is 5.97 Å². The molecule has 0 N–H and O–H groups in total. The van der Waals surface area contributed by atoms with E-state index in [0.717, 1.165) is 5.56 Å². The summed E-state index contributed by atoms with van der Waals surface area (Å²) in [6, 6.07) is 9.89. The fourth-order valence-electron chi connectivity index (χ4n) is 3.57. The van der Waals surface area contributed by atoms with Crippen molar-refractivity contribution in [2.24, 2.45) is 0 Å². The lowest BCUT2D eigenvalue weighted by Gasteiger charge is -2.37. The number of ether oxygens (including phenoxy) is 2. The van der Waals surface area contributed by atoms with Gasteiger partial charge in [-0.25, -0.2) is 9.90 Å². The van der Waals surface area contributed by atoms with Crippen LogP contribution >= 0.6 is 0 Å². The van der Waals surface area contributed by atoms with Crippen LogP contribution in [0.25, 0.3) is 0 Å². The molecule has 2 aliphatic heterocycles. The largest absolute Gasteiger partial charge is 0.488 e. The van der Waals surface area contributed by atoms with E-state index >= 15 is 0 Å². The van der Waals surface area contributed by atoms with E-state index in [1.807, 2.05) is 70.2 Å². The molecule has 1 aromatic rings. The third kappa shape index (κ3) is 4.67. The van der Waals surface area contributed by atoms with E-state index < -0.39 is 23.3 Å². The molecule has 2 aliphatic rings. The molecule has 162 valence electrons. The number of esters is 1. The number of hydrogen-bond donors (Lipinski definition) is 0. The molecule has 0 saturated carbocycles. The van der Waals surface area contributed by atoms with E-state index in [9.17, 15) is 9.59 Å². The summed E-state index contributed by atoms with van der Waals surface area (Å²) in [5.41, 5.74) is 0.571. The van der Waals surface area contributed by atoms with Crippen molar-refractivity contribution in [1.82, 2.24) is 9.96 Å². The van der Waals surface area contributed by atoms with Crippen molar-refractivity contribution in [3.05, 3.63) is 59.5 Å². The van der Waals surface area contributed by atoms with E-state index in [2.05, 4.69) is 0 Å². The standard InChI is InChI=1S/C23H30N2O5/c1-16(26)24(22(3,4)5)14-20(29-17(2)27)19-12-13-21(23(6)25(19)30-23)28-15-18-10-8-7-9-11-18/h7-13,20H,14-15H2,1-6H3. The Bertz CT molecular complexity index is 871. The molecule has 3 rings (SSSR count). The molecule has 0 spiro atoms. The number of amides is 1. The number of allylic oxidation sites excluding steroid dienone is 2. The molecule has 30 heavy (non-hydrogen) atoms. The molecular weight excluding hydrogens is 384 g/mol. The molecule has 1 fully saturated rings. The van der Waals surface area contributed by atoms with Gasteiger partial charge in [-0.3, -0.25) is 9.59 Å². The summed E-state index contributed by atoms with van der Waals surface area (Å²) in [5, 5.41) is 1.68. The predicted octanol–water partition coefficient (Wildman–Crippen LogP) is 3.53. The topological polar surface area (TPSA) is 71.4 Å². The van der Waals surface area contributed by atoms with E-state index in [1.54, 1.807) is 9.96 Å². The Hall–Kier alpha value is -2.80. The van der Waals surface area contributed by atoms with E-state index in [-0.39, 0.29) is 12.5 Å². The number of rotatable bonds is 7. The first-order chi connectivity index (χ1) is 14.0. The van der Waals surface area contributed by atoms with Crippen LogP contribution in [0.5, 0.6) is 0 Å². The molecule has 0 radical (unpaired) electrons. The van der Waals surface area contributed by atoms with Crippen LogP contribution in [0.15, 0.2) is 53.9 Å². The van der Waals surface area contributed by atoms with Crippen molar-refractivity contribution >= 4 is 11.9 Å². The smallest absolute Gasteiger partial charge is 0.303 e. The van der Waals surface area contributed by atoms with Crippen molar-refractivity contribution in [2.45, 2.75) is 65.5 Å². The normalized spacial score (nSPS) is 21.1. The Morgan fingerprint density at radius 1 is 1.17 bits per heavy atom. The van der Waals surface area contributed by atoms with Gasteiger partial charge in [-0.15, -0.1) is 0 Å². The average Bonchev–Trinajstić information content (AvgIpc) is 3.35. The van der Waals surface area contributed by atoms with Crippen LogP contribution in [0, 0.1) is 0 Å². The highest BCUT2D eigenvalue weighted by molar-refractivity contribution is 5.74. The maximum absolute atomic E-state index is 12.2. The van der Waals surface area contributed by atoms with Gasteiger partial charge in [0.25, 0.3) is 0 Å². The van der Waals surface area contributed by atoms with Crippen LogP contribution in [-0.4, -0.2) is 45.8 Å². The second-order valence-corrected chi connectivity index (χ2v) is 8.66. The zero-order valence-electron chi connectivity index (χ0n) is 18.5. The number of benzene rings is 1. The first kappa shape index (κ1) is 21.9. The van der Waals surface area contributed by atoms with Crippen molar-refractivity contribution in [3.8, 4) is 0 Å². The minimum atomic E-state index is -0.750. The second kappa shape index (κ2) is 8.14. The zero-order valence-corrected chi connectivity index (χ0v) is 18.5. The highest BCUT2D eigenvalue weighted by Crippen LogP contribution is 2.48. The van der Waals surface area contributed by atoms with Gasteiger partial charge in [0, 0.05) is 19.4 Å². The van der Waals surface area contributed by atoms with E-state index in [1.165, 1.54) is 13.8 Å². The maximum atomic E-state index is 12.2. The van der Waals surface area contributed by atoms with Gasteiger partial charge in [0.05, 0.1) is 12.2 Å². The first-order valence-corrected chi connectivity index (χ1v) is 10.1. The average molecular weight is 415 g/mol. The number of hydrogen-bond acceptors (Lipinski definition) is 6. The monoisotopic (exact) mass is 414 g/mol. The number of hydroxylamine groups is 2. The van der Waals surface area contributed by atoms with Gasteiger partial charge < -0.3 is 14.4 Å². The summed E-state index contributed by atoms with van der Waals surface area (Å²) in [4.78, 5) is 31.5. The molecule has 2 unspecified atom stereocenters. The molecule has 1 amide bonds. The summed E-state index contributed by atoms with van der Waals surface area (Å²) in [6.45, 7) is 11.3. The molecule has 0 aliphatic carbocycles. The van der Waals surface area contributed by atoms with Gasteiger partial charge in [0.1, 0.15) is 6.61 Å². The second-order valence-electron chi connectivity index (χ2n) is 8.66. The van der Waals surface area contributed by atoms with Gasteiger partial charge in [0.2, 0.25) is 11.6 Å². The van der Waals surface area contributed by atoms with Crippen molar-refractivity contribution in [1.29, 1.82) is 0 Å². The predicted molar refractivity (Wildman–Crippen MR) is 111 cm³/mol. The first-order valence-electron chi connectivity index (χ1n) is 10.1. The molecule has 0 bridgehead atoms. The summed E-state index contributed by atoms with van der Waals surface area (Å²) in [5.74, 6) is 0.167. The number of carbonyl (C=O) groups excluding carboxylic acids is 2. The molecule has 2 heterocycles. The van der Waals surface area contributed by atoms with Crippen LogP contribution in [0.1, 0.15) is 47.1 Å². The van der Waals surface area contributed by atoms with Crippen LogP contribution in [0.2, 0.25) is 0 Å². The van der Waals surface area contributed by atoms with Crippen molar-refractivity contribution in [2.75, 3.05) is 6.54 Å². The van der Waals surface area contributed by atoms with E-state index in [0.29, 0.717) is 18.1 Å². The molecular formula is C23H30N2O5. The fraction of sp³-hybridized carbons (Fsp3) is 0.478. The molecule has 7 heteroatoms. The third-order valence-electron chi connectivity index (χ3n) is 5.13. The summed E-state index contributed by atoms with van der Waals surface area (Å²) >= 11 is 0. The lowest BCUT2D eigenvalue weighted by molar-refractivity contribution is -0.150. The fourth-order valence-corrected chi connectivity index (χ4v) is 3.57. The van der Waals surface area contributed by atoms with Crippen LogP contribution in [-0.2, 0) is 30.5 Å². The van der Waals surface area contributed by atoms with Crippen LogP contribution < -0.4 is 0 Å². The highest BCUT2D eigenvalue weighted by Gasteiger charge is 2.60. The van der Waals surface area contributed by atoms with E-state index in [4.69, 9.17) is 14.3 Å². The minimum Gasteiger partial charge on any atom is -0.488 e. The Kier molecular flexibility index (Phi) is 5.94. The molecule has 7 nitrogen and oxygen atoms in total. The van der Waals surface area contributed by atoms with Gasteiger partial charge in [-0.2, -0.15) is 0 Å². The Labute approximate surface area is 177 Å². The zero-order chi connectivity index (χ0) is 22.1. The quantitative estimate of drug-likeness (QED) is 0.502. The SMILES string of the molecule is CC(=O)OC(CN(C(C)=O)C(C)(C)C)C1=CC=C(OCc2ccccc2)C2(C)ON12. The van der Waals surface area contributed by atoms with Crippen LogP contribution in [0.4, 0.5) is 0 Å². The highest BCUT2D eigenvalue weighted by atomic mass is 16.9. The summed E-state index contributed by atoms with van der Waals surface area (Å²) < 4.78 is 11.6. The van der Waals surface area contributed by atoms with Crippen LogP contribution in [0.3, 0.4) is 0 Å². The molecule has 2 atom stereocenters.